The second-order valence-electron chi connectivity index (χ2n) is 4.75. The molecule has 0 bridgehead atoms. The normalized spacial score (nSPS) is 13.5. The zero-order chi connectivity index (χ0) is 9.94. The van der Waals surface area contributed by atoms with Crippen LogP contribution in [0.25, 0.3) is 0 Å². The SMILES string of the molecule is CC(C)N(OC(C)(C)C)C(C)C. The van der Waals surface area contributed by atoms with Crippen molar-refractivity contribution in [3.63, 3.8) is 0 Å². The van der Waals surface area contributed by atoms with Crippen LogP contribution in [0.2, 0.25) is 0 Å². The first-order valence-electron chi connectivity index (χ1n) is 4.71. The third-order valence-corrected chi connectivity index (χ3v) is 1.40. The maximum atomic E-state index is 5.79. The van der Waals surface area contributed by atoms with Crippen molar-refractivity contribution in [1.29, 1.82) is 0 Å². The van der Waals surface area contributed by atoms with E-state index >= 15 is 0 Å². The van der Waals surface area contributed by atoms with Gasteiger partial charge in [0.25, 0.3) is 0 Å². The van der Waals surface area contributed by atoms with Crippen LogP contribution in [-0.2, 0) is 4.84 Å². The first-order chi connectivity index (χ1) is 5.24. The molecule has 12 heavy (non-hydrogen) atoms. The second kappa shape index (κ2) is 4.24. The van der Waals surface area contributed by atoms with Gasteiger partial charge in [-0.05, 0) is 48.5 Å². The van der Waals surface area contributed by atoms with Crippen LogP contribution in [-0.4, -0.2) is 22.7 Å². The molecule has 0 unspecified atom stereocenters. The van der Waals surface area contributed by atoms with Gasteiger partial charge in [-0.2, -0.15) is 5.06 Å². The van der Waals surface area contributed by atoms with Gasteiger partial charge in [0.1, 0.15) is 0 Å². The third-order valence-electron chi connectivity index (χ3n) is 1.40. The Bertz CT molecular complexity index is 116. The Balaban J connectivity index is 4.15. The molecule has 0 saturated carbocycles. The summed E-state index contributed by atoms with van der Waals surface area (Å²) in [5, 5.41) is 2.04. The summed E-state index contributed by atoms with van der Waals surface area (Å²) in [5.74, 6) is 0. The van der Waals surface area contributed by atoms with Gasteiger partial charge in [-0.3, -0.25) is 4.84 Å². The number of rotatable bonds is 3. The highest BCUT2D eigenvalue weighted by molar-refractivity contribution is 4.63. The summed E-state index contributed by atoms with van der Waals surface area (Å²) < 4.78 is 0. The molecule has 0 amide bonds. The summed E-state index contributed by atoms with van der Waals surface area (Å²) in [6.07, 6.45) is 0. The molecule has 0 radical (unpaired) electrons. The van der Waals surface area contributed by atoms with Gasteiger partial charge < -0.3 is 0 Å². The molecule has 0 spiro atoms. The lowest BCUT2D eigenvalue weighted by Crippen LogP contribution is -2.42. The van der Waals surface area contributed by atoms with E-state index < -0.39 is 0 Å². The van der Waals surface area contributed by atoms with E-state index in [1.54, 1.807) is 0 Å². The third kappa shape index (κ3) is 4.73. The molecule has 2 nitrogen and oxygen atoms in total. The zero-order valence-corrected chi connectivity index (χ0v) is 9.51. The van der Waals surface area contributed by atoms with Gasteiger partial charge >= 0.3 is 0 Å². The Labute approximate surface area is 76.9 Å². The molecule has 0 aromatic rings. The van der Waals surface area contributed by atoms with Crippen molar-refractivity contribution in [3.8, 4) is 0 Å². The number of hydrogen-bond donors (Lipinski definition) is 0. The van der Waals surface area contributed by atoms with E-state index in [4.69, 9.17) is 4.84 Å². The molecule has 0 aliphatic rings. The molecule has 0 aliphatic carbocycles. The van der Waals surface area contributed by atoms with Gasteiger partial charge in [0, 0.05) is 12.1 Å². The molecule has 0 rings (SSSR count). The smallest absolute Gasteiger partial charge is 0.0816 e. The number of hydroxylamine groups is 2. The van der Waals surface area contributed by atoms with E-state index in [1.165, 1.54) is 0 Å². The minimum absolute atomic E-state index is 0.0887. The van der Waals surface area contributed by atoms with Crippen LogP contribution >= 0.6 is 0 Å². The van der Waals surface area contributed by atoms with Crippen LogP contribution in [0.4, 0.5) is 0 Å². The molecule has 2 heteroatoms. The highest BCUT2D eigenvalue weighted by Crippen LogP contribution is 2.15. The van der Waals surface area contributed by atoms with Gasteiger partial charge in [-0.15, -0.1) is 0 Å². The number of nitrogens with zero attached hydrogens (tertiary/aromatic N) is 1. The van der Waals surface area contributed by atoms with Crippen molar-refractivity contribution in [2.24, 2.45) is 0 Å². The molecule has 0 aromatic heterocycles. The fourth-order valence-electron chi connectivity index (χ4n) is 1.12. The van der Waals surface area contributed by atoms with Crippen molar-refractivity contribution in [3.05, 3.63) is 0 Å². The highest BCUT2D eigenvalue weighted by atomic mass is 16.7. The lowest BCUT2D eigenvalue weighted by Gasteiger charge is -2.35. The van der Waals surface area contributed by atoms with Crippen LogP contribution in [0, 0.1) is 0 Å². The fourth-order valence-corrected chi connectivity index (χ4v) is 1.12. The number of hydrogen-bond acceptors (Lipinski definition) is 2. The minimum Gasteiger partial charge on any atom is -0.293 e. The summed E-state index contributed by atoms with van der Waals surface area (Å²) in [6.45, 7) is 14.8. The molecule has 0 heterocycles. The van der Waals surface area contributed by atoms with Gasteiger partial charge in [-0.25, -0.2) is 0 Å². The first kappa shape index (κ1) is 11.9. The quantitative estimate of drug-likeness (QED) is 0.608. The summed E-state index contributed by atoms with van der Waals surface area (Å²) in [6, 6.07) is 0.869. The molecule has 74 valence electrons. The topological polar surface area (TPSA) is 12.5 Å². The molecule has 0 fully saturated rings. The predicted octanol–water partition coefficient (Wildman–Crippen LogP) is 2.84. The molecule has 0 aliphatic heterocycles. The van der Waals surface area contributed by atoms with E-state index in [-0.39, 0.29) is 5.60 Å². The molecule has 0 aromatic carbocycles. The largest absolute Gasteiger partial charge is 0.293 e. The highest BCUT2D eigenvalue weighted by Gasteiger charge is 2.21. The van der Waals surface area contributed by atoms with E-state index in [9.17, 15) is 0 Å². The molecular formula is C10H23NO. The lowest BCUT2D eigenvalue weighted by molar-refractivity contribution is -0.260. The average molecular weight is 173 g/mol. The Hall–Kier alpha value is -0.0800. The molecular weight excluding hydrogens is 150 g/mol. The predicted molar refractivity (Wildman–Crippen MR) is 52.9 cm³/mol. The standard InChI is InChI=1S/C10H23NO/c1-8(2)11(9(3)4)12-10(5,6)7/h8-9H,1-7H3. The molecule has 0 N–H and O–H groups in total. The second-order valence-corrected chi connectivity index (χ2v) is 4.75. The Morgan fingerprint density at radius 1 is 0.917 bits per heavy atom. The van der Waals surface area contributed by atoms with E-state index in [1.807, 2.05) is 5.06 Å². The Kier molecular flexibility index (Phi) is 4.21. The van der Waals surface area contributed by atoms with Gasteiger partial charge in [-0.1, -0.05) is 0 Å². The Morgan fingerprint density at radius 2 is 1.25 bits per heavy atom. The van der Waals surface area contributed by atoms with Crippen molar-refractivity contribution in [2.45, 2.75) is 66.2 Å². The molecule has 0 saturated heterocycles. The summed E-state index contributed by atoms with van der Waals surface area (Å²) >= 11 is 0. The zero-order valence-electron chi connectivity index (χ0n) is 9.51. The van der Waals surface area contributed by atoms with Crippen LogP contribution in [0.5, 0.6) is 0 Å². The van der Waals surface area contributed by atoms with E-state index in [2.05, 4.69) is 48.5 Å². The molecule has 0 atom stereocenters. The van der Waals surface area contributed by atoms with Crippen molar-refractivity contribution < 1.29 is 4.84 Å². The first-order valence-corrected chi connectivity index (χ1v) is 4.71. The summed E-state index contributed by atoms with van der Waals surface area (Å²) in [4.78, 5) is 5.79. The van der Waals surface area contributed by atoms with Gasteiger partial charge in [0.05, 0.1) is 5.60 Å². The average Bonchev–Trinajstić information content (AvgIpc) is 1.79. The van der Waals surface area contributed by atoms with Gasteiger partial charge in [0.2, 0.25) is 0 Å². The van der Waals surface area contributed by atoms with E-state index in [0.29, 0.717) is 12.1 Å². The van der Waals surface area contributed by atoms with Crippen LogP contribution in [0.1, 0.15) is 48.5 Å². The van der Waals surface area contributed by atoms with Crippen molar-refractivity contribution in [2.75, 3.05) is 0 Å². The summed E-state index contributed by atoms with van der Waals surface area (Å²) in [7, 11) is 0. The van der Waals surface area contributed by atoms with Crippen molar-refractivity contribution in [1.82, 2.24) is 5.06 Å². The Morgan fingerprint density at radius 3 is 1.33 bits per heavy atom. The van der Waals surface area contributed by atoms with E-state index in [0.717, 1.165) is 0 Å². The minimum atomic E-state index is -0.0887. The van der Waals surface area contributed by atoms with Crippen LogP contribution in [0.3, 0.4) is 0 Å². The fraction of sp³-hybridized carbons (Fsp3) is 1.00. The van der Waals surface area contributed by atoms with Crippen LogP contribution < -0.4 is 0 Å². The lowest BCUT2D eigenvalue weighted by atomic mass is 10.2. The maximum Gasteiger partial charge on any atom is 0.0816 e. The maximum absolute atomic E-state index is 5.79. The monoisotopic (exact) mass is 173 g/mol. The van der Waals surface area contributed by atoms with Crippen molar-refractivity contribution >= 4 is 0 Å². The summed E-state index contributed by atoms with van der Waals surface area (Å²) in [5.41, 5.74) is -0.0887. The van der Waals surface area contributed by atoms with Gasteiger partial charge in [0.15, 0.2) is 0 Å². The van der Waals surface area contributed by atoms with Crippen LogP contribution in [0.15, 0.2) is 0 Å².